The van der Waals surface area contributed by atoms with Crippen molar-refractivity contribution in [3.05, 3.63) is 35.6 Å². The summed E-state index contributed by atoms with van der Waals surface area (Å²) in [6.45, 7) is 1.76. The molecule has 1 aliphatic heterocycles. The zero-order valence-corrected chi connectivity index (χ0v) is 9.56. The average molecular weight is 240 g/mol. The first-order chi connectivity index (χ1) is 8.29. The fourth-order valence-corrected chi connectivity index (χ4v) is 1.91. The molecule has 0 saturated carbocycles. The maximum atomic E-state index is 12.8. The number of rotatable bonds is 4. The third-order valence-corrected chi connectivity index (χ3v) is 2.87. The van der Waals surface area contributed by atoms with Crippen molar-refractivity contribution in [3.63, 3.8) is 0 Å². The Balaban J connectivity index is 1.96. The summed E-state index contributed by atoms with van der Waals surface area (Å²) in [7, 11) is 0. The number of hydrazine groups is 1. The molecule has 0 spiro atoms. The summed E-state index contributed by atoms with van der Waals surface area (Å²) in [6, 6.07) is 6.37. The van der Waals surface area contributed by atoms with Crippen LogP contribution in [0.15, 0.2) is 24.3 Å². The number of hydrogen-bond donors (Lipinski definition) is 2. The number of halogens is 1. The molecule has 1 aromatic rings. The van der Waals surface area contributed by atoms with Crippen LogP contribution in [0.5, 0.6) is 0 Å². The molecule has 1 aromatic carbocycles. The first kappa shape index (κ1) is 12.4. The lowest BCUT2D eigenvalue weighted by atomic mass is 10.0. The van der Waals surface area contributed by atoms with Gasteiger partial charge in [0.2, 0.25) is 0 Å². The van der Waals surface area contributed by atoms with Gasteiger partial charge < -0.3 is 9.47 Å². The summed E-state index contributed by atoms with van der Waals surface area (Å²) < 4.78 is 23.7. The summed E-state index contributed by atoms with van der Waals surface area (Å²) in [6.07, 6.45) is 0.629. The van der Waals surface area contributed by atoms with Gasteiger partial charge in [0, 0.05) is 0 Å². The molecule has 1 saturated heterocycles. The van der Waals surface area contributed by atoms with Crippen LogP contribution in [-0.2, 0) is 15.9 Å². The number of benzene rings is 1. The van der Waals surface area contributed by atoms with Crippen LogP contribution in [0.25, 0.3) is 0 Å². The Kier molecular flexibility index (Phi) is 4.44. The van der Waals surface area contributed by atoms with Crippen LogP contribution in [0.1, 0.15) is 5.56 Å². The zero-order chi connectivity index (χ0) is 12.1. The molecule has 2 rings (SSSR count). The lowest BCUT2D eigenvalue weighted by Crippen LogP contribution is -2.50. The molecule has 0 bridgehead atoms. The summed E-state index contributed by atoms with van der Waals surface area (Å²) in [5, 5.41) is 0. The fourth-order valence-electron chi connectivity index (χ4n) is 1.91. The number of hydrogen-bond acceptors (Lipinski definition) is 4. The fraction of sp³-hybridized carbons (Fsp3) is 0.500. The van der Waals surface area contributed by atoms with Crippen LogP contribution in [0.4, 0.5) is 4.39 Å². The predicted octanol–water partition coefficient (Wildman–Crippen LogP) is 0.615. The standard InChI is InChI=1S/C12H17FN2O2/c13-10-3-1-9(2-4-10)7-11(15-14)12-8-16-5-6-17-12/h1-4,11-12,15H,5-8,14H2. The van der Waals surface area contributed by atoms with Crippen LogP contribution in [-0.4, -0.2) is 32.0 Å². The van der Waals surface area contributed by atoms with Gasteiger partial charge in [-0.2, -0.15) is 0 Å². The molecule has 3 N–H and O–H groups in total. The quantitative estimate of drug-likeness (QED) is 0.598. The molecule has 5 heteroatoms. The molecular formula is C12H17FN2O2. The highest BCUT2D eigenvalue weighted by atomic mass is 19.1. The van der Waals surface area contributed by atoms with Crippen molar-refractivity contribution in [2.45, 2.75) is 18.6 Å². The van der Waals surface area contributed by atoms with Crippen molar-refractivity contribution >= 4 is 0 Å². The molecule has 0 aromatic heterocycles. The van der Waals surface area contributed by atoms with E-state index in [0.717, 1.165) is 5.56 Å². The van der Waals surface area contributed by atoms with E-state index in [1.165, 1.54) is 12.1 Å². The molecule has 0 aliphatic carbocycles. The van der Waals surface area contributed by atoms with Gasteiger partial charge in [-0.3, -0.25) is 11.3 Å². The Bertz CT molecular complexity index is 339. The molecule has 1 heterocycles. The van der Waals surface area contributed by atoms with E-state index in [2.05, 4.69) is 5.43 Å². The summed E-state index contributed by atoms with van der Waals surface area (Å²) in [4.78, 5) is 0. The van der Waals surface area contributed by atoms with Crippen LogP contribution < -0.4 is 11.3 Å². The van der Waals surface area contributed by atoms with Gasteiger partial charge in [0.1, 0.15) is 5.82 Å². The maximum Gasteiger partial charge on any atom is 0.123 e. The zero-order valence-electron chi connectivity index (χ0n) is 9.56. The van der Waals surface area contributed by atoms with E-state index < -0.39 is 0 Å². The average Bonchev–Trinajstić information content (AvgIpc) is 2.39. The van der Waals surface area contributed by atoms with Crippen molar-refractivity contribution in [2.24, 2.45) is 5.84 Å². The van der Waals surface area contributed by atoms with Crippen LogP contribution in [0.3, 0.4) is 0 Å². The van der Waals surface area contributed by atoms with E-state index in [4.69, 9.17) is 15.3 Å². The molecule has 94 valence electrons. The van der Waals surface area contributed by atoms with E-state index in [-0.39, 0.29) is 18.0 Å². The first-order valence-corrected chi connectivity index (χ1v) is 5.69. The van der Waals surface area contributed by atoms with Gasteiger partial charge in [0.05, 0.1) is 32.0 Å². The second-order valence-corrected chi connectivity index (χ2v) is 4.09. The highest BCUT2D eigenvalue weighted by Gasteiger charge is 2.24. The first-order valence-electron chi connectivity index (χ1n) is 5.69. The largest absolute Gasteiger partial charge is 0.376 e. The molecule has 1 aliphatic rings. The van der Waals surface area contributed by atoms with E-state index in [1.54, 1.807) is 12.1 Å². The smallest absolute Gasteiger partial charge is 0.123 e. The molecule has 0 amide bonds. The van der Waals surface area contributed by atoms with Gasteiger partial charge in [-0.1, -0.05) is 12.1 Å². The van der Waals surface area contributed by atoms with Gasteiger partial charge in [-0.05, 0) is 24.1 Å². The van der Waals surface area contributed by atoms with Gasteiger partial charge in [0.15, 0.2) is 0 Å². The topological polar surface area (TPSA) is 56.5 Å². The molecule has 4 nitrogen and oxygen atoms in total. The SMILES string of the molecule is NNC(Cc1ccc(F)cc1)C1COCCO1. The van der Waals surface area contributed by atoms with Gasteiger partial charge >= 0.3 is 0 Å². The van der Waals surface area contributed by atoms with E-state index in [9.17, 15) is 4.39 Å². The number of nitrogens with one attached hydrogen (secondary N) is 1. The summed E-state index contributed by atoms with van der Waals surface area (Å²) in [5.74, 6) is 5.29. The van der Waals surface area contributed by atoms with Crippen molar-refractivity contribution in [3.8, 4) is 0 Å². The summed E-state index contributed by atoms with van der Waals surface area (Å²) >= 11 is 0. The van der Waals surface area contributed by atoms with E-state index in [1.807, 2.05) is 0 Å². The molecule has 2 unspecified atom stereocenters. The van der Waals surface area contributed by atoms with Crippen LogP contribution in [0.2, 0.25) is 0 Å². The third-order valence-electron chi connectivity index (χ3n) is 2.87. The number of ether oxygens (including phenoxy) is 2. The minimum atomic E-state index is -0.233. The lowest BCUT2D eigenvalue weighted by molar-refractivity contribution is -0.101. The van der Waals surface area contributed by atoms with Gasteiger partial charge in [-0.25, -0.2) is 4.39 Å². The summed E-state index contributed by atoms with van der Waals surface area (Å²) in [5.41, 5.74) is 3.75. The Labute approximate surface area is 99.9 Å². The van der Waals surface area contributed by atoms with Gasteiger partial charge in [0.25, 0.3) is 0 Å². The second-order valence-electron chi connectivity index (χ2n) is 4.09. The molecule has 2 atom stereocenters. The van der Waals surface area contributed by atoms with Crippen LogP contribution >= 0.6 is 0 Å². The van der Waals surface area contributed by atoms with Crippen molar-refractivity contribution in [1.29, 1.82) is 0 Å². The van der Waals surface area contributed by atoms with E-state index in [0.29, 0.717) is 26.2 Å². The molecule has 1 fully saturated rings. The van der Waals surface area contributed by atoms with Crippen LogP contribution in [0, 0.1) is 5.82 Å². The Morgan fingerprint density at radius 3 is 2.71 bits per heavy atom. The lowest BCUT2D eigenvalue weighted by Gasteiger charge is -2.30. The minimum Gasteiger partial charge on any atom is -0.376 e. The third kappa shape index (κ3) is 3.47. The minimum absolute atomic E-state index is 0.0271. The Morgan fingerprint density at radius 2 is 2.12 bits per heavy atom. The monoisotopic (exact) mass is 240 g/mol. The molecule has 0 radical (unpaired) electrons. The number of nitrogens with two attached hydrogens (primary N) is 1. The highest BCUT2D eigenvalue weighted by molar-refractivity contribution is 5.17. The van der Waals surface area contributed by atoms with E-state index >= 15 is 0 Å². The highest BCUT2D eigenvalue weighted by Crippen LogP contribution is 2.12. The molecule has 17 heavy (non-hydrogen) atoms. The van der Waals surface area contributed by atoms with Crippen molar-refractivity contribution in [2.75, 3.05) is 19.8 Å². The predicted molar refractivity (Wildman–Crippen MR) is 61.8 cm³/mol. The Hall–Kier alpha value is -1.01. The van der Waals surface area contributed by atoms with Crippen molar-refractivity contribution in [1.82, 2.24) is 5.43 Å². The molecular weight excluding hydrogens is 223 g/mol. The van der Waals surface area contributed by atoms with Gasteiger partial charge in [-0.15, -0.1) is 0 Å². The Morgan fingerprint density at radius 1 is 1.35 bits per heavy atom. The maximum absolute atomic E-state index is 12.8. The normalized spacial score (nSPS) is 22.4. The van der Waals surface area contributed by atoms with Crippen molar-refractivity contribution < 1.29 is 13.9 Å². The second kappa shape index (κ2) is 6.07.